The molecule has 0 amide bonds. The highest BCUT2D eigenvalue weighted by Gasteiger charge is 2.45. The third-order valence-corrected chi connectivity index (χ3v) is 4.01. The fourth-order valence-electron chi connectivity index (χ4n) is 2.92. The first-order chi connectivity index (χ1) is 9.13. The SMILES string of the molecule is CNC(c1ccccc1OC(C)C)C1(OC)CCC1. The zero-order valence-electron chi connectivity index (χ0n) is 12.4. The van der Waals surface area contributed by atoms with Gasteiger partial charge in [-0.3, -0.25) is 0 Å². The average Bonchev–Trinajstić information content (AvgIpc) is 2.34. The average molecular weight is 263 g/mol. The van der Waals surface area contributed by atoms with E-state index in [9.17, 15) is 0 Å². The van der Waals surface area contributed by atoms with E-state index in [0.717, 1.165) is 18.6 Å². The Balaban J connectivity index is 2.32. The number of hydrogen-bond acceptors (Lipinski definition) is 3. The third kappa shape index (κ3) is 2.77. The molecule has 1 aliphatic rings. The molecule has 1 atom stereocenters. The van der Waals surface area contributed by atoms with Gasteiger partial charge in [0, 0.05) is 12.7 Å². The van der Waals surface area contributed by atoms with Crippen LogP contribution >= 0.6 is 0 Å². The summed E-state index contributed by atoms with van der Waals surface area (Å²) in [6.45, 7) is 4.11. The Kier molecular flexibility index (Phi) is 4.48. The van der Waals surface area contributed by atoms with Crippen LogP contribution in [0.5, 0.6) is 5.75 Å². The van der Waals surface area contributed by atoms with Crippen molar-refractivity contribution in [3.05, 3.63) is 29.8 Å². The second-order valence-electron chi connectivity index (χ2n) is 5.55. The number of nitrogens with one attached hydrogen (secondary N) is 1. The van der Waals surface area contributed by atoms with E-state index in [2.05, 4.69) is 31.3 Å². The summed E-state index contributed by atoms with van der Waals surface area (Å²) in [4.78, 5) is 0. The summed E-state index contributed by atoms with van der Waals surface area (Å²) < 4.78 is 11.8. The maximum absolute atomic E-state index is 5.94. The van der Waals surface area contributed by atoms with Crippen LogP contribution in [0.25, 0.3) is 0 Å². The van der Waals surface area contributed by atoms with Crippen LogP contribution in [0, 0.1) is 0 Å². The minimum Gasteiger partial charge on any atom is -0.491 e. The molecule has 106 valence electrons. The lowest BCUT2D eigenvalue weighted by atomic mass is 9.72. The van der Waals surface area contributed by atoms with E-state index in [-0.39, 0.29) is 17.7 Å². The molecule has 0 radical (unpaired) electrons. The molecule has 1 aromatic carbocycles. The van der Waals surface area contributed by atoms with Crippen LogP contribution in [0.4, 0.5) is 0 Å². The first-order valence-corrected chi connectivity index (χ1v) is 7.11. The zero-order chi connectivity index (χ0) is 13.9. The maximum Gasteiger partial charge on any atom is 0.124 e. The Morgan fingerprint density at radius 1 is 1.21 bits per heavy atom. The molecule has 1 saturated carbocycles. The quantitative estimate of drug-likeness (QED) is 0.854. The molecular weight excluding hydrogens is 238 g/mol. The van der Waals surface area contributed by atoms with Crippen molar-refractivity contribution >= 4 is 0 Å². The predicted molar refractivity (Wildman–Crippen MR) is 77.6 cm³/mol. The molecule has 1 fully saturated rings. The summed E-state index contributed by atoms with van der Waals surface area (Å²) in [6.07, 6.45) is 3.62. The van der Waals surface area contributed by atoms with Gasteiger partial charge in [-0.05, 0) is 46.2 Å². The van der Waals surface area contributed by atoms with E-state index >= 15 is 0 Å². The first kappa shape index (κ1) is 14.4. The van der Waals surface area contributed by atoms with E-state index in [0.29, 0.717) is 0 Å². The summed E-state index contributed by atoms with van der Waals surface area (Å²) in [6, 6.07) is 8.45. The Bertz CT molecular complexity index is 407. The molecule has 19 heavy (non-hydrogen) atoms. The minimum atomic E-state index is -0.0782. The molecule has 0 aromatic heterocycles. The largest absolute Gasteiger partial charge is 0.491 e. The number of benzene rings is 1. The van der Waals surface area contributed by atoms with Crippen LogP contribution in [0.2, 0.25) is 0 Å². The normalized spacial score (nSPS) is 19.0. The van der Waals surface area contributed by atoms with Gasteiger partial charge in [0.05, 0.1) is 17.7 Å². The van der Waals surface area contributed by atoms with E-state index in [1.165, 1.54) is 12.0 Å². The van der Waals surface area contributed by atoms with Crippen LogP contribution < -0.4 is 10.1 Å². The highest BCUT2D eigenvalue weighted by molar-refractivity contribution is 5.38. The fourth-order valence-corrected chi connectivity index (χ4v) is 2.92. The molecule has 0 aliphatic heterocycles. The molecule has 1 unspecified atom stereocenters. The van der Waals surface area contributed by atoms with Gasteiger partial charge in [-0.2, -0.15) is 0 Å². The Morgan fingerprint density at radius 2 is 1.89 bits per heavy atom. The van der Waals surface area contributed by atoms with Crippen molar-refractivity contribution in [2.24, 2.45) is 0 Å². The summed E-state index contributed by atoms with van der Waals surface area (Å²) in [5.74, 6) is 0.958. The molecule has 3 nitrogen and oxygen atoms in total. The van der Waals surface area contributed by atoms with Crippen molar-refractivity contribution in [2.75, 3.05) is 14.2 Å². The van der Waals surface area contributed by atoms with Crippen molar-refractivity contribution in [1.29, 1.82) is 0 Å². The Labute approximate surface area is 116 Å². The molecule has 0 heterocycles. The van der Waals surface area contributed by atoms with Crippen LogP contribution in [0.15, 0.2) is 24.3 Å². The molecule has 1 aliphatic carbocycles. The van der Waals surface area contributed by atoms with Gasteiger partial charge in [0.2, 0.25) is 0 Å². The highest BCUT2D eigenvalue weighted by atomic mass is 16.5. The number of likely N-dealkylation sites (N-methyl/N-ethyl adjacent to an activating group) is 1. The van der Waals surface area contributed by atoms with Gasteiger partial charge in [-0.25, -0.2) is 0 Å². The number of ether oxygens (including phenoxy) is 2. The van der Waals surface area contributed by atoms with Crippen molar-refractivity contribution in [3.63, 3.8) is 0 Å². The lowest BCUT2D eigenvalue weighted by Gasteiger charge is -2.46. The Hall–Kier alpha value is -1.06. The lowest BCUT2D eigenvalue weighted by molar-refractivity contribution is -0.0988. The van der Waals surface area contributed by atoms with Crippen molar-refractivity contribution in [1.82, 2.24) is 5.32 Å². The van der Waals surface area contributed by atoms with Crippen LogP contribution in [0.3, 0.4) is 0 Å². The van der Waals surface area contributed by atoms with E-state index in [1.54, 1.807) is 0 Å². The molecule has 1 aromatic rings. The van der Waals surface area contributed by atoms with Crippen molar-refractivity contribution in [3.8, 4) is 5.75 Å². The molecule has 0 spiro atoms. The summed E-state index contributed by atoms with van der Waals surface area (Å²) >= 11 is 0. The van der Waals surface area contributed by atoms with Crippen LogP contribution in [0.1, 0.15) is 44.7 Å². The number of rotatable bonds is 6. The maximum atomic E-state index is 5.94. The molecule has 1 N–H and O–H groups in total. The van der Waals surface area contributed by atoms with Crippen molar-refractivity contribution in [2.45, 2.75) is 50.9 Å². The van der Waals surface area contributed by atoms with Gasteiger partial charge in [-0.1, -0.05) is 18.2 Å². The third-order valence-electron chi connectivity index (χ3n) is 4.01. The standard InChI is InChI=1S/C16H25NO2/c1-12(2)19-14-9-6-5-8-13(14)15(17-3)16(18-4)10-7-11-16/h5-6,8-9,12,15,17H,7,10-11H2,1-4H3. The number of para-hydroxylation sites is 1. The minimum absolute atomic E-state index is 0.0782. The van der Waals surface area contributed by atoms with E-state index in [4.69, 9.17) is 9.47 Å². The predicted octanol–water partition coefficient (Wildman–Crippen LogP) is 3.30. The fraction of sp³-hybridized carbons (Fsp3) is 0.625. The van der Waals surface area contributed by atoms with Gasteiger partial charge in [-0.15, -0.1) is 0 Å². The lowest BCUT2D eigenvalue weighted by Crippen LogP contribution is -2.49. The second kappa shape index (κ2) is 5.93. The van der Waals surface area contributed by atoms with Crippen LogP contribution in [-0.4, -0.2) is 25.9 Å². The molecule has 0 saturated heterocycles. The summed E-state index contributed by atoms with van der Waals surface area (Å²) in [5, 5.41) is 3.42. The molecule has 0 bridgehead atoms. The van der Waals surface area contributed by atoms with Gasteiger partial charge < -0.3 is 14.8 Å². The van der Waals surface area contributed by atoms with E-state index in [1.807, 2.05) is 26.3 Å². The monoisotopic (exact) mass is 263 g/mol. The summed E-state index contributed by atoms with van der Waals surface area (Å²) in [5.41, 5.74) is 1.12. The van der Waals surface area contributed by atoms with Gasteiger partial charge in [0.25, 0.3) is 0 Å². The zero-order valence-corrected chi connectivity index (χ0v) is 12.4. The van der Waals surface area contributed by atoms with Gasteiger partial charge in [0.1, 0.15) is 5.75 Å². The molecular formula is C16H25NO2. The summed E-state index contributed by atoms with van der Waals surface area (Å²) in [7, 11) is 3.81. The number of hydrogen-bond donors (Lipinski definition) is 1. The smallest absolute Gasteiger partial charge is 0.124 e. The van der Waals surface area contributed by atoms with Gasteiger partial charge in [0.15, 0.2) is 0 Å². The van der Waals surface area contributed by atoms with Crippen molar-refractivity contribution < 1.29 is 9.47 Å². The second-order valence-corrected chi connectivity index (χ2v) is 5.55. The topological polar surface area (TPSA) is 30.5 Å². The van der Waals surface area contributed by atoms with E-state index < -0.39 is 0 Å². The Morgan fingerprint density at radius 3 is 2.37 bits per heavy atom. The first-order valence-electron chi connectivity index (χ1n) is 7.11. The molecule has 2 rings (SSSR count). The van der Waals surface area contributed by atoms with Gasteiger partial charge >= 0.3 is 0 Å². The number of methoxy groups -OCH3 is 1. The van der Waals surface area contributed by atoms with Crippen LogP contribution in [-0.2, 0) is 4.74 Å². The molecule has 3 heteroatoms. The highest BCUT2D eigenvalue weighted by Crippen LogP contribution is 2.46.